The Kier molecular flexibility index (Phi) is 8.32. The summed E-state index contributed by atoms with van der Waals surface area (Å²) in [5, 5.41) is 4.31. The lowest BCUT2D eigenvalue weighted by Crippen LogP contribution is -2.46. The standard InChI is InChI=1S/C30H35N3O3/c1-4-5-15-28(34)33(21-23-20-32(2)27-14-10-9-13-26(23)27)29(22-16-18-25(36-3)19-17-22)30(35)31-24-11-7-6-8-12-24/h9-10,13-14,16-20,24,29H,4,6-8,11-12,21H2,1-3H3,(H,31,35). The number of amides is 2. The minimum absolute atomic E-state index is 0.128. The Morgan fingerprint density at radius 3 is 2.53 bits per heavy atom. The molecule has 4 rings (SSSR count). The van der Waals surface area contributed by atoms with Crippen LogP contribution in [0.1, 0.15) is 62.6 Å². The Labute approximate surface area is 213 Å². The molecule has 0 bridgehead atoms. The van der Waals surface area contributed by atoms with Crippen molar-refractivity contribution in [2.75, 3.05) is 7.11 Å². The Hall–Kier alpha value is -3.72. The molecule has 6 heteroatoms. The number of aryl methyl sites for hydroxylation is 1. The van der Waals surface area contributed by atoms with Gasteiger partial charge in [-0.2, -0.15) is 0 Å². The molecule has 1 aliphatic carbocycles. The molecule has 1 atom stereocenters. The average molecular weight is 486 g/mol. The van der Waals surface area contributed by atoms with Crippen LogP contribution in [0.2, 0.25) is 0 Å². The van der Waals surface area contributed by atoms with Gasteiger partial charge in [0.05, 0.1) is 7.11 Å². The fraction of sp³-hybridized carbons (Fsp3) is 0.400. The SMILES string of the molecule is CCC#CC(=O)N(Cc1cn(C)c2ccccc12)C(C(=O)NC1CCCCC1)c1ccc(OC)cc1. The lowest BCUT2D eigenvalue weighted by atomic mass is 9.94. The van der Waals surface area contributed by atoms with E-state index in [1.165, 1.54) is 6.42 Å². The van der Waals surface area contributed by atoms with Gasteiger partial charge >= 0.3 is 0 Å². The van der Waals surface area contributed by atoms with Gasteiger partial charge in [-0.3, -0.25) is 9.59 Å². The molecule has 2 aromatic carbocycles. The summed E-state index contributed by atoms with van der Waals surface area (Å²) in [5.41, 5.74) is 2.78. The molecule has 1 heterocycles. The van der Waals surface area contributed by atoms with Gasteiger partial charge in [0, 0.05) is 43.2 Å². The minimum Gasteiger partial charge on any atom is -0.497 e. The van der Waals surface area contributed by atoms with Crippen molar-refractivity contribution >= 4 is 22.7 Å². The first-order valence-corrected chi connectivity index (χ1v) is 12.8. The number of nitrogens with one attached hydrogen (secondary N) is 1. The van der Waals surface area contributed by atoms with Crippen LogP contribution in [0.15, 0.2) is 54.7 Å². The predicted octanol–water partition coefficient (Wildman–Crippen LogP) is 5.12. The maximum absolute atomic E-state index is 13.9. The smallest absolute Gasteiger partial charge is 0.299 e. The van der Waals surface area contributed by atoms with Crippen LogP contribution in [0.4, 0.5) is 0 Å². The van der Waals surface area contributed by atoms with Crippen LogP contribution in [-0.2, 0) is 23.2 Å². The number of benzene rings is 2. The fourth-order valence-electron chi connectivity index (χ4n) is 5.04. The van der Waals surface area contributed by atoms with Gasteiger partial charge in [-0.1, -0.05) is 62.4 Å². The number of rotatable bonds is 7. The first-order valence-electron chi connectivity index (χ1n) is 12.8. The lowest BCUT2D eigenvalue weighted by Gasteiger charge is -2.32. The van der Waals surface area contributed by atoms with Gasteiger partial charge in [0.2, 0.25) is 5.91 Å². The zero-order valence-electron chi connectivity index (χ0n) is 21.4. The van der Waals surface area contributed by atoms with E-state index in [0.717, 1.165) is 47.7 Å². The summed E-state index contributed by atoms with van der Waals surface area (Å²) in [4.78, 5) is 29.0. The van der Waals surface area contributed by atoms with Crippen molar-refractivity contribution < 1.29 is 14.3 Å². The first-order chi connectivity index (χ1) is 17.5. The largest absolute Gasteiger partial charge is 0.497 e. The molecule has 3 aromatic rings. The van der Waals surface area contributed by atoms with Crippen molar-refractivity contribution in [2.24, 2.45) is 7.05 Å². The molecule has 0 radical (unpaired) electrons. The van der Waals surface area contributed by atoms with E-state index >= 15 is 0 Å². The number of hydrogen-bond donors (Lipinski definition) is 1. The number of nitrogens with zero attached hydrogens (tertiary/aromatic N) is 2. The number of fused-ring (bicyclic) bond motifs is 1. The van der Waals surface area contributed by atoms with Crippen LogP contribution in [0, 0.1) is 11.8 Å². The van der Waals surface area contributed by atoms with Crippen molar-refractivity contribution in [3.8, 4) is 17.6 Å². The molecule has 1 aliphatic rings. The van der Waals surface area contributed by atoms with Gasteiger partial charge in [-0.05, 0) is 48.1 Å². The highest BCUT2D eigenvalue weighted by Gasteiger charge is 2.33. The van der Waals surface area contributed by atoms with E-state index in [9.17, 15) is 9.59 Å². The van der Waals surface area contributed by atoms with Gasteiger partial charge in [0.25, 0.3) is 5.91 Å². The third kappa shape index (κ3) is 5.73. The molecular formula is C30H35N3O3. The maximum atomic E-state index is 13.9. The van der Waals surface area contributed by atoms with Gasteiger partial charge in [0.1, 0.15) is 11.8 Å². The fourth-order valence-corrected chi connectivity index (χ4v) is 5.04. The monoisotopic (exact) mass is 485 g/mol. The topological polar surface area (TPSA) is 63.6 Å². The highest BCUT2D eigenvalue weighted by molar-refractivity contribution is 5.98. The van der Waals surface area contributed by atoms with Crippen molar-refractivity contribution in [3.63, 3.8) is 0 Å². The number of ether oxygens (including phenoxy) is 1. The normalized spacial score (nSPS) is 14.5. The molecule has 1 fully saturated rings. The molecule has 6 nitrogen and oxygen atoms in total. The minimum atomic E-state index is -0.810. The van der Waals surface area contributed by atoms with E-state index in [0.29, 0.717) is 12.2 Å². The van der Waals surface area contributed by atoms with Gasteiger partial charge in [-0.15, -0.1) is 0 Å². The average Bonchev–Trinajstić information content (AvgIpc) is 3.23. The summed E-state index contributed by atoms with van der Waals surface area (Å²) < 4.78 is 7.38. The summed E-state index contributed by atoms with van der Waals surface area (Å²) in [6, 6.07) is 14.8. The Morgan fingerprint density at radius 2 is 1.83 bits per heavy atom. The van der Waals surface area contributed by atoms with Crippen molar-refractivity contribution in [2.45, 2.75) is 64.1 Å². The van der Waals surface area contributed by atoms with Crippen molar-refractivity contribution in [3.05, 3.63) is 65.9 Å². The quantitative estimate of drug-likeness (QED) is 0.473. The third-order valence-electron chi connectivity index (χ3n) is 6.90. The molecule has 1 unspecified atom stereocenters. The molecule has 1 N–H and O–H groups in total. The van der Waals surface area contributed by atoms with Crippen LogP contribution in [0.5, 0.6) is 5.75 Å². The summed E-state index contributed by atoms with van der Waals surface area (Å²) in [5.74, 6) is 5.84. The van der Waals surface area contributed by atoms with Crippen LogP contribution < -0.4 is 10.1 Å². The number of carbonyl (C=O) groups is 2. The molecule has 2 amide bonds. The second-order valence-electron chi connectivity index (χ2n) is 9.39. The van der Waals surface area contributed by atoms with E-state index < -0.39 is 6.04 Å². The Bertz CT molecular complexity index is 1260. The van der Waals surface area contributed by atoms with Gasteiger partial charge < -0.3 is 19.5 Å². The number of hydrogen-bond acceptors (Lipinski definition) is 3. The molecular weight excluding hydrogens is 450 g/mol. The number of aromatic nitrogens is 1. The van der Waals surface area contributed by atoms with E-state index in [4.69, 9.17) is 4.74 Å². The molecule has 1 saturated carbocycles. The number of para-hydroxylation sites is 1. The molecule has 0 saturated heterocycles. The van der Waals surface area contributed by atoms with E-state index in [2.05, 4.69) is 33.9 Å². The van der Waals surface area contributed by atoms with Crippen LogP contribution in [-0.4, -0.2) is 34.4 Å². The van der Waals surface area contributed by atoms with Crippen LogP contribution in [0.3, 0.4) is 0 Å². The third-order valence-corrected chi connectivity index (χ3v) is 6.90. The Balaban J connectivity index is 1.76. The maximum Gasteiger partial charge on any atom is 0.299 e. The van der Waals surface area contributed by atoms with Gasteiger partial charge in [-0.25, -0.2) is 0 Å². The predicted molar refractivity (Wildman–Crippen MR) is 142 cm³/mol. The summed E-state index contributed by atoms with van der Waals surface area (Å²) in [7, 11) is 3.60. The molecule has 0 aliphatic heterocycles. The highest BCUT2D eigenvalue weighted by Crippen LogP contribution is 2.29. The molecule has 36 heavy (non-hydrogen) atoms. The number of methoxy groups -OCH3 is 1. The second kappa shape index (κ2) is 11.8. The van der Waals surface area contributed by atoms with E-state index in [1.807, 2.05) is 56.6 Å². The summed E-state index contributed by atoms with van der Waals surface area (Å²) in [6.45, 7) is 2.18. The van der Waals surface area contributed by atoms with Crippen molar-refractivity contribution in [1.29, 1.82) is 0 Å². The van der Waals surface area contributed by atoms with E-state index in [1.54, 1.807) is 12.0 Å². The zero-order chi connectivity index (χ0) is 25.5. The summed E-state index contributed by atoms with van der Waals surface area (Å²) in [6.07, 6.45) is 7.95. The summed E-state index contributed by atoms with van der Waals surface area (Å²) >= 11 is 0. The highest BCUT2D eigenvalue weighted by atomic mass is 16.5. The van der Waals surface area contributed by atoms with Crippen molar-refractivity contribution in [1.82, 2.24) is 14.8 Å². The molecule has 1 aromatic heterocycles. The van der Waals surface area contributed by atoms with Crippen LogP contribution >= 0.6 is 0 Å². The molecule has 188 valence electrons. The lowest BCUT2D eigenvalue weighted by molar-refractivity contribution is -0.138. The molecule has 0 spiro atoms. The Morgan fingerprint density at radius 1 is 1.11 bits per heavy atom. The van der Waals surface area contributed by atoms with Crippen LogP contribution in [0.25, 0.3) is 10.9 Å². The zero-order valence-corrected chi connectivity index (χ0v) is 21.4. The van der Waals surface area contributed by atoms with Gasteiger partial charge in [0.15, 0.2) is 0 Å². The first kappa shape index (κ1) is 25.4. The number of carbonyl (C=O) groups excluding carboxylic acids is 2. The second-order valence-corrected chi connectivity index (χ2v) is 9.39. The van der Waals surface area contributed by atoms with E-state index in [-0.39, 0.29) is 24.4 Å².